The number of para-hydroxylation sites is 2. The van der Waals surface area contributed by atoms with Crippen LogP contribution >= 0.6 is 0 Å². The third-order valence-corrected chi connectivity index (χ3v) is 10.1. The Morgan fingerprint density at radius 1 is 0.588 bits per heavy atom. The fourth-order valence-electron chi connectivity index (χ4n) is 7.70. The highest BCUT2D eigenvalue weighted by atomic mass is 16.3. The zero-order valence-corrected chi connectivity index (χ0v) is 27.9. The second-order valence-corrected chi connectivity index (χ2v) is 13.2. The van der Waals surface area contributed by atoms with Crippen molar-refractivity contribution in [3.05, 3.63) is 188 Å². The van der Waals surface area contributed by atoms with Crippen molar-refractivity contribution in [3.63, 3.8) is 0 Å². The number of anilines is 2. The van der Waals surface area contributed by atoms with Gasteiger partial charge in [0, 0.05) is 38.8 Å². The molecule has 242 valence electrons. The third kappa shape index (κ3) is 5.03. The summed E-state index contributed by atoms with van der Waals surface area (Å²) in [4.78, 5) is 7.45. The van der Waals surface area contributed by atoms with Gasteiger partial charge in [0.2, 0.25) is 5.89 Å². The van der Waals surface area contributed by atoms with E-state index in [4.69, 9.17) is 9.40 Å². The lowest BCUT2D eigenvalue weighted by atomic mass is 9.95. The summed E-state index contributed by atoms with van der Waals surface area (Å²) >= 11 is 0. The number of rotatable bonds is 6. The fraction of sp³-hybridized carbons (Fsp3) is 0.0426. The van der Waals surface area contributed by atoms with Crippen molar-refractivity contribution in [2.75, 3.05) is 4.90 Å². The van der Waals surface area contributed by atoms with Gasteiger partial charge in [0.1, 0.15) is 5.52 Å². The SMILES string of the molecule is C1=CC(N(c2ccc3c(ccc4oc(-c5ccccc5)nc43)c2)c2ccc3c4ccccc4n(-c4ccccc4)c3c2)CC=C1c1ccccc1. The van der Waals surface area contributed by atoms with E-state index >= 15 is 0 Å². The molecule has 1 aliphatic carbocycles. The van der Waals surface area contributed by atoms with Crippen LogP contribution < -0.4 is 4.90 Å². The van der Waals surface area contributed by atoms with Crippen LogP contribution in [-0.4, -0.2) is 15.6 Å². The van der Waals surface area contributed by atoms with Crippen molar-refractivity contribution in [2.45, 2.75) is 12.5 Å². The molecule has 10 rings (SSSR count). The van der Waals surface area contributed by atoms with E-state index in [2.05, 4.69) is 155 Å². The van der Waals surface area contributed by atoms with E-state index < -0.39 is 0 Å². The minimum Gasteiger partial charge on any atom is -0.436 e. The molecule has 9 aromatic rings. The molecule has 0 spiro atoms. The van der Waals surface area contributed by atoms with Crippen LogP contribution in [0, 0.1) is 0 Å². The van der Waals surface area contributed by atoms with E-state index in [1.165, 1.54) is 32.9 Å². The molecule has 2 aromatic heterocycles. The van der Waals surface area contributed by atoms with E-state index in [9.17, 15) is 0 Å². The number of nitrogens with zero attached hydrogens (tertiary/aromatic N) is 3. The van der Waals surface area contributed by atoms with Crippen molar-refractivity contribution in [3.8, 4) is 17.1 Å². The van der Waals surface area contributed by atoms with Crippen molar-refractivity contribution < 1.29 is 4.42 Å². The highest BCUT2D eigenvalue weighted by Crippen LogP contribution is 2.40. The Kier molecular flexibility index (Phi) is 6.91. The minimum atomic E-state index is 0.113. The second-order valence-electron chi connectivity index (χ2n) is 13.2. The van der Waals surface area contributed by atoms with Gasteiger partial charge in [0.15, 0.2) is 5.58 Å². The highest BCUT2D eigenvalue weighted by molar-refractivity contribution is 6.10. The summed E-state index contributed by atoms with van der Waals surface area (Å²) in [6.45, 7) is 0. The average molecular weight is 656 g/mol. The molecule has 0 N–H and O–H groups in total. The number of allylic oxidation sites excluding steroid dienone is 2. The lowest BCUT2D eigenvalue weighted by Gasteiger charge is -2.33. The van der Waals surface area contributed by atoms with Gasteiger partial charge in [-0.1, -0.05) is 115 Å². The largest absolute Gasteiger partial charge is 0.436 e. The van der Waals surface area contributed by atoms with E-state index in [0.717, 1.165) is 50.9 Å². The lowest BCUT2D eigenvalue weighted by Crippen LogP contribution is -2.30. The predicted octanol–water partition coefficient (Wildman–Crippen LogP) is 12.3. The van der Waals surface area contributed by atoms with Crippen molar-refractivity contribution in [1.29, 1.82) is 0 Å². The normalized spacial score (nSPS) is 14.4. The van der Waals surface area contributed by atoms with Crippen LogP contribution in [0.5, 0.6) is 0 Å². The molecule has 51 heavy (non-hydrogen) atoms. The van der Waals surface area contributed by atoms with Gasteiger partial charge < -0.3 is 13.9 Å². The fourth-order valence-corrected chi connectivity index (χ4v) is 7.70. The topological polar surface area (TPSA) is 34.2 Å². The third-order valence-electron chi connectivity index (χ3n) is 10.1. The molecule has 0 fully saturated rings. The average Bonchev–Trinajstić information content (AvgIpc) is 3.79. The first-order valence-electron chi connectivity index (χ1n) is 17.5. The summed E-state index contributed by atoms with van der Waals surface area (Å²) in [6.07, 6.45) is 7.89. The summed E-state index contributed by atoms with van der Waals surface area (Å²) in [5.74, 6) is 0.638. The van der Waals surface area contributed by atoms with E-state index in [1.54, 1.807) is 0 Å². The molecule has 0 aliphatic heterocycles. The lowest BCUT2D eigenvalue weighted by molar-refractivity contribution is 0.620. The Labute approximate surface area is 295 Å². The number of hydrogen-bond acceptors (Lipinski definition) is 3. The Hall–Kier alpha value is -6.65. The standard InChI is InChI=1S/C47H33N3O/c1-4-12-32(13-5-1)33-20-23-37(24-21-33)49(38-25-27-40-35(30-38)22-29-45-46(40)48-47(51-45)34-14-6-2-7-15-34)39-26-28-42-41-18-10-11-19-43(41)50(44(42)31-39)36-16-8-3-9-17-36/h1-23,25-31,37H,24H2. The first-order valence-corrected chi connectivity index (χ1v) is 17.5. The first-order chi connectivity index (χ1) is 25.3. The van der Waals surface area contributed by atoms with Gasteiger partial charge in [-0.25, -0.2) is 4.98 Å². The van der Waals surface area contributed by atoms with Crippen LogP contribution in [0.15, 0.2) is 186 Å². The first kappa shape index (κ1) is 29.3. The van der Waals surface area contributed by atoms with Gasteiger partial charge in [0.05, 0.1) is 17.1 Å². The van der Waals surface area contributed by atoms with Crippen LogP contribution in [0.2, 0.25) is 0 Å². The summed E-state index contributed by atoms with van der Waals surface area (Å²) in [5.41, 5.74) is 10.9. The second kappa shape index (κ2) is 12.0. The van der Waals surface area contributed by atoms with Gasteiger partial charge in [-0.15, -0.1) is 0 Å². The van der Waals surface area contributed by atoms with Crippen LogP contribution in [0.3, 0.4) is 0 Å². The summed E-state index contributed by atoms with van der Waals surface area (Å²) in [7, 11) is 0. The van der Waals surface area contributed by atoms with Crippen molar-refractivity contribution in [1.82, 2.24) is 9.55 Å². The molecule has 1 atom stereocenters. The molecular weight excluding hydrogens is 623 g/mol. The molecule has 0 bridgehead atoms. The van der Waals surface area contributed by atoms with Crippen molar-refractivity contribution >= 4 is 60.6 Å². The van der Waals surface area contributed by atoms with E-state index in [0.29, 0.717) is 5.89 Å². The Bertz CT molecular complexity index is 2770. The van der Waals surface area contributed by atoms with Gasteiger partial charge in [-0.05, 0) is 89.7 Å². The molecule has 0 amide bonds. The van der Waals surface area contributed by atoms with Crippen LogP contribution in [0.1, 0.15) is 12.0 Å². The highest BCUT2D eigenvalue weighted by Gasteiger charge is 2.23. The molecule has 2 heterocycles. The van der Waals surface area contributed by atoms with Crippen molar-refractivity contribution in [2.24, 2.45) is 0 Å². The van der Waals surface area contributed by atoms with E-state index in [1.807, 2.05) is 36.4 Å². The number of oxazole rings is 1. The minimum absolute atomic E-state index is 0.113. The Balaban J connectivity index is 1.13. The number of hydrogen-bond donors (Lipinski definition) is 0. The van der Waals surface area contributed by atoms with Gasteiger partial charge >= 0.3 is 0 Å². The maximum absolute atomic E-state index is 6.22. The molecule has 0 saturated carbocycles. The molecular formula is C47H33N3O. The molecule has 0 radical (unpaired) electrons. The summed E-state index contributed by atoms with van der Waals surface area (Å²) in [6, 6.07) is 58.1. The summed E-state index contributed by atoms with van der Waals surface area (Å²) < 4.78 is 8.62. The predicted molar refractivity (Wildman–Crippen MR) is 212 cm³/mol. The molecule has 7 aromatic carbocycles. The Morgan fingerprint density at radius 2 is 1.25 bits per heavy atom. The molecule has 4 nitrogen and oxygen atoms in total. The quantitative estimate of drug-likeness (QED) is 0.179. The maximum atomic E-state index is 6.22. The van der Waals surface area contributed by atoms with Gasteiger partial charge in [-0.3, -0.25) is 0 Å². The Morgan fingerprint density at radius 3 is 2.02 bits per heavy atom. The van der Waals surface area contributed by atoms with Gasteiger partial charge in [-0.2, -0.15) is 0 Å². The van der Waals surface area contributed by atoms with Crippen LogP contribution in [0.4, 0.5) is 11.4 Å². The maximum Gasteiger partial charge on any atom is 0.227 e. The summed E-state index contributed by atoms with van der Waals surface area (Å²) in [5, 5.41) is 4.69. The monoisotopic (exact) mass is 655 g/mol. The molecule has 1 unspecified atom stereocenters. The zero-order chi connectivity index (χ0) is 33.7. The molecule has 1 aliphatic rings. The number of aromatic nitrogens is 2. The molecule has 4 heteroatoms. The van der Waals surface area contributed by atoms with Crippen LogP contribution in [0.25, 0.3) is 66.4 Å². The number of fused-ring (bicyclic) bond motifs is 6. The smallest absolute Gasteiger partial charge is 0.227 e. The van der Waals surface area contributed by atoms with Gasteiger partial charge in [0.25, 0.3) is 0 Å². The zero-order valence-electron chi connectivity index (χ0n) is 27.9. The molecule has 0 saturated heterocycles. The number of benzene rings is 7. The van der Waals surface area contributed by atoms with Crippen LogP contribution in [-0.2, 0) is 0 Å². The van der Waals surface area contributed by atoms with E-state index in [-0.39, 0.29) is 6.04 Å².